The van der Waals surface area contributed by atoms with Crippen LogP contribution in [0.3, 0.4) is 0 Å². The van der Waals surface area contributed by atoms with Gasteiger partial charge in [0.1, 0.15) is 0 Å². The topological polar surface area (TPSA) is 84.2 Å². The molecule has 0 heterocycles. The van der Waals surface area contributed by atoms with Crippen LogP contribution in [-0.2, 0) is 19.4 Å². The highest BCUT2D eigenvalue weighted by Crippen LogP contribution is 2.35. The van der Waals surface area contributed by atoms with Gasteiger partial charge in [-0.15, -0.1) is 0 Å². The molecule has 1 aliphatic carbocycles. The Hall–Kier alpha value is -3.34. The molecule has 0 radical (unpaired) electrons. The van der Waals surface area contributed by atoms with Crippen LogP contribution in [0, 0.1) is 0 Å². The second kappa shape index (κ2) is 6.52. The van der Waals surface area contributed by atoms with E-state index in [4.69, 9.17) is 5.73 Å². The molecule has 0 bridgehead atoms. The Kier molecular flexibility index (Phi) is 4.05. The Labute approximate surface area is 151 Å². The minimum absolute atomic E-state index is 0.155. The fourth-order valence-electron chi connectivity index (χ4n) is 3.51. The number of amides is 3. The van der Waals surface area contributed by atoms with Crippen LogP contribution in [0.25, 0.3) is 10.8 Å². The van der Waals surface area contributed by atoms with Crippen molar-refractivity contribution in [3.63, 3.8) is 0 Å². The van der Waals surface area contributed by atoms with Crippen molar-refractivity contribution in [3.05, 3.63) is 76.9 Å². The molecule has 1 aliphatic rings. The number of carbonyl (C=O) groups excluding carboxylic acids is 2. The molecular formula is C21H19N3O2. The van der Waals surface area contributed by atoms with Gasteiger partial charge in [-0.05, 0) is 53.1 Å². The molecule has 3 aromatic rings. The minimum Gasteiger partial charge on any atom is -0.352 e. The Morgan fingerprint density at radius 1 is 0.923 bits per heavy atom. The molecule has 130 valence electrons. The number of nitrogens with one attached hydrogen (secondary N) is 2. The number of hydrogen-bond acceptors (Lipinski definition) is 2. The molecule has 0 atom stereocenters. The van der Waals surface area contributed by atoms with Gasteiger partial charge in [-0.2, -0.15) is 0 Å². The van der Waals surface area contributed by atoms with Gasteiger partial charge in [0, 0.05) is 23.2 Å². The van der Waals surface area contributed by atoms with Gasteiger partial charge in [0.2, 0.25) is 0 Å². The zero-order valence-corrected chi connectivity index (χ0v) is 14.2. The van der Waals surface area contributed by atoms with Gasteiger partial charge in [0.15, 0.2) is 0 Å². The second-order valence-corrected chi connectivity index (χ2v) is 6.48. The summed E-state index contributed by atoms with van der Waals surface area (Å²) in [7, 11) is 0. The first-order chi connectivity index (χ1) is 12.6. The standard InChI is InChI=1S/C21H19N3O2/c22-21(26)23-12-13-4-6-16(7-5-13)20(25)24-18-11-10-15-9-8-14-2-1-3-17(18)19(14)15/h1-7,10-11H,8-9,12H2,(H,24,25)(H3,22,23,26). The predicted molar refractivity (Wildman–Crippen MR) is 102 cm³/mol. The lowest BCUT2D eigenvalue weighted by Gasteiger charge is -2.11. The van der Waals surface area contributed by atoms with Crippen LogP contribution in [0.5, 0.6) is 0 Å². The lowest BCUT2D eigenvalue weighted by atomic mass is 10.0. The van der Waals surface area contributed by atoms with Crippen molar-refractivity contribution in [3.8, 4) is 0 Å². The fourth-order valence-corrected chi connectivity index (χ4v) is 3.51. The molecule has 0 spiro atoms. The number of aryl methyl sites for hydroxylation is 2. The number of rotatable bonds is 4. The first-order valence-electron chi connectivity index (χ1n) is 8.59. The van der Waals surface area contributed by atoms with E-state index in [2.05, 4.69) is 28.8 Å². The maximum absolute atomic E-state index is 12.6. The summed E-state index contributed by atoms with van der Waals surface area (Å²) in [5, 5.41) is 7.92. The van der Waals surface area contributed by atoms with E-state index < -0.39 is 6.03 Å². The van der Waals surface area contributed by atoms with E-state index in [1.54, 1.807) is 24.3 Å². The highest BCUT2D eigenvalue weighted by molar-refractivity contribution is 6.10. The maximum Gasteiger partial charge on any atom is 0.312 e. The molecule has 0 aromatic heterocycles. The van der Waals surface area contributed by atoms with Crippen molar-refractivity contribution >= 4 is 28.4 Å². The number of hydrogen-bond donors (Lipinski definition) is 3. The number of anilines is 1. The Bertz CT molecular complexity index is 999. The molecule has 26 heavy (non-hydrogen) atoms. The Morgan fingerprint density at radius 3 is 2.38 bits per heavy atom. The van der Waals surface area contributed by atoms with Crippen LogP contribution in [0.1, 0.15) is 27.0 Å². The minimum atomic E-state index is -0.570. The number of benzene rings is 3. The van der Waals surface area contributed by atoms with Gasteiger partial charge >= 0.3 is 6.03 Å². The summed E-state index contributed by atoms with van der Waals surface area (Å²) >= 11 is 0. The first-order valence-corrected chi connectivity index (χ1v) is 8.59. The third kappa shape index (κ3) is 2.99. The molecule has 5 nitrogen and oxygen atoms in total. The van der Waals surface area contributed by atoms with Gasteiger partial charge in [-0.25, -0.2) is 4.79 Å². The van der Waals surface area contributed by atoms with Crippen molar-refractivity contribution in [1.29, 1.82) is 0 Å². The van der Waals surface area contributed by atoms with Crippen LogP contribution in [0.4, 0.5) is 10.5 Å². The molecule has 5 heteroatoms. The van der Waals surface area contributed by atoms with E-state index in [0.717, 1.165) is 29.5 Å². The number of nitrogens with two attached hydrogens (primary N) is 1. The largest absolute Gasteiger partial charge is 0.352 e. The monoisotopic (exact) mass is 345 g/mol. The normalized spacial score (nSPS) is 12.2. The number of carbonyl (C=O) groups is 2. The molecule has 3 aromatic carbocycles. The summed E-state index contributed by atoms with van der Waals surface area (Å²) < 4.78 is 0. The van der Waals surface area contributed by atoms with E-state index >= 15 is 0 Å². The third-order valence-electron chi connectivity index (χ3n) is 4.81. The molecule has 4 rings (SSSR count). The second-order valence-electron chi connectivity index (χ2n) is 6.48. The van der Waals surface area contributed by atoms with Crippen molar-refractivity contribution in [2.45, 2.75) is 19.4 Å². The lowest BCUT2D eigenvalue weighted by Crippen LogP contribution is -2.28. The highest BCUT2D eigenvalue weighted by Gasteiger charge is 2.17. The van der Waals surface area contributed by atoms with E-state index in [1.807, 2.05) is 12.1 Å². The first kappa shape index (κ1) is 16.1. The quantitative estimate of drug-likeness (QED) is 0.677. The van der Waals surface area contributed by atoms with Gasteiger partial charge in [-0.3, -0.25) is 4.79 Å². The average molecular weight is 345 g/mol. The number of primary amides is 1. The van der Waals surface area contributed by atoms with Crippen molar-refractivity contribution in [1.82, 2.24) is 5.32 Å². The fraction of sp³-hybridized carbons (Fsp3) is 0.143. The van der Waals surface area contributed by atoms with Crippen LogP contribution < -0.4 is 16.4 Å². The predicted octanol–water partition coefficient (Wildman–Crippen LogP) is 3.36. The molecule has 4 N–H and O–H groups in total. The van der Waals surface area contributed by atoms with E-state index in [0.29, 0.717) is 12.1 Å². The van der Waals surface area contributed by atoms with E-state index in [9.17, 15) is 9.59 Å². The van der Waals surface area contributed by atoms with Crippen molar-refractivity contribution in [2.75, 3.05) is 5.32 Å². The van der Waals surface area contributed by atoms with E-state index in [1.165, 1.54) is 16.5 Å². The Balaban J connectivity index is 1.56. The zero-order chi connectivity index (χ0) is 18.1. The average Bonchev–Trinajstić information content (AvgIpc) is 3.07. The lowest BCUT2D eigenvalue weighted by molar-refractivity contribution is 0.102. The van der Waals surface area contributed by atoms with Crippen molar-refractivity contribution in [2.24, 2.45) is 5.73 Å². The molecule has 0 fully saturated rings. The van der Waals surface area contributed by atoms with E-state index in [-0.39, 0.29) is 5.91 Å². The van der Waals surface area contributed by atoms with Crippen LogP contribution in [0.15, 0.2) is 54.6 Å². The summed E-state index contributed by atoms with van der Waals surface area (Å²) in [4.78, 5) is 23.4. The van der Waals surface area contributed by atoms with Gasteiger partial charge in [0.25, 0.3) is 5.91 Å². The van der Waals surface area contributed by atoms with Gasteiger partial charge < -0.3 is 16.4 Å². The van der Waals surface area contributed by atoms with Gasteiger partial charge in [0.05, 0.1) is 0 Å². The van der Waals surface area contributed by atoms with Gasteiger partial charge in [-0.1, -0.05) is 36.4 Å². The Morgan fingerprint density at radius 2 is 1.65 bits per heavy atom. The summed E-state index contributed by atoms with van der Waals surface area (Å²) in [6, 6.07) is 16.9. The highest BCUT2D eigenvalue weighted by atomic mass is 16.2. The summed E-state index contributed by atoms with van der Waals surface area (Å²) in [6.45, 7) is 0.339. The van der Waals surface area contributed by atoms with Crippen molar-refractivity contribution < 1.29 is 9.59 Å². The maximum atomic E-state index is 12.6. The summed E-state index contributed by atoms with van der Waals surface area (Å²) in [6.07, 6.45) is 2.12. The zero-order valence-electron chi connectivity index (χ0n) is 14.2. The number of urea groups is 1. The smallest absolute Gasteiger partial charge is 0.312 e. The third-order valence-corrected chi connectivity index (χ3v) is 4.81. The summed E-state index contributed by atoms with van der Waals surface area (Å²) in [5.74, 6) is -0.155. The van der Waals surface area contributed by atoms with Crippen LogP contribution in [-0.4, -0.2) is 11.9 Å². The SMILES string of the molecule is NC(=O)NCc1ccc(C(=O)Nc2ccc3c4c(cccc24)CC3)cc1. The molecule has 3 amide bonds. The van der Waals surface area contributed by atoms with Crippen LogP contribution in [0.2, 0.25) is 0 Å². The molecule has 0 saturated heterocycles. The molecular weight excluding hydrogens is 326 g/mol. The molecule has 0 aliphatic heterocycles. The van der Waals surface area contributed by atoms with Crippen LogP contribution >= 0.6 is 0 Å². The molecule has 0 saturated carbocycles. The summed E-state index contributed by atoms with van der Waals surface area (Å²) in [5.41, 5.74) is 10.0. The molecule has 0 unspecified atom stereocenters.